The minimum absolute atomic E-state index is 0.352. The Morgan fingerprint density at radius 3 is 2.95 bits per heavy atom. The van der Waals surface area contributed by atoms with Gasteiger partial charge in [-0.15, -0.1) is 11.3 Å². The van der Waals surface area contributed by atoms with Crippen molar-refractivity contribution in [3.63, 3.8) is 0 Å². The molecule has 0 saturated heterocycles. The van der Waals surface area contributed by atoms with Gasteiger partial charge in [-0.05, 0) is 37.5 Å². The lowest BCUT2D eigenvalue weighted by Gasteiger charge is -2.29. The van der Waals surface area contributed by atoms with Crippen molar-refractivity contribution in [3.05, 3.63) is 52.2 Å². The third-order valence-corrected chi connectivity index (χ3v) is 4.99. The molecular formula is C17H17N3S. The van der Waals surface area contributed by atoms with Crippen molar-refractivity contribution < 1.29 is 0 Å². The molecule has 3 aromatic rings. The van der Waals surface area contributed by atoms with E-state index >= 15 is 0 Å². The molecule has 1 unspecified atom stereocenters. The van der Waals surface area contributed by atoms with Crippen LogP contribution in [0.2, 0.25) is 0 Å². The van der Waals surface area contributed by atoms with Crippen LogP contribution in [0.3, 0.4) is 0 Å². The Labute approximate surface area is 128 Å². The average Bonchev–Trinajstić information content (AvgIpc) is 2.81. The molecule has 4 rings (SSSR count). The Hall–Kier alpha value is -1.94. The van der Waals surface area contributed by atoms with Gasteiger partial charge in [-0.1, -0.05) is 24.3 Å². The van der Waals surface area contributed by atoms with Crippen LogP contribution in [0.25, 0.3) is 10.2 Å². The maximum Gasteiger partial charge on any atom is 0.140 e. The van der Waals surface area contributed by atoms with E-state index < -0.39 is 0 Å². The van der Waals surface area contributed by atoms with Gasteiger partial charge in [0.15, 0.2) is 0 Å². The molecule has 4 heteroatoms. The smallest absolute Gasteiger partial charge is 0.140 e. The molecule has 0 aliphatic heterocycles. The molecule has 0 amide bonds. The molecule has 2 heterocycles. The fourth-order valence-electron chi connectivity index (χ4n) is 3.01. The standard InChI is InChI=1S/C17H17N3S/c1-3-18-15-14-8-10(2)21-17(14)20-16(19-15)13-9-11-6-4-5-7-12(11)13/h4-8,13H,3,9H2,1-2H3,(H,18,19,20). The summed E-state index contributed by atoms with van der Waals surface area (Å²) in [5.41, 5.74) is 2.81. The first-order valence-corrected chi connectivity index (χ1v) is 8.17. The second kappa shape index (κ2) is 4.81. The zero-order chi connectivity index (χ0) is 14.4. The summed E-state index contributed by atoms with van der Waals surface area (Å²) < 4.78 is 0. The number of nitrogens with one attached hydrogen (secondary N) is 1. The van der Waals surface area contributed by atoms with Crippen LogP contribution in [-0.2, 0) is 6.42 Å². The summed E-state index contributed by atoms with van der Waals surface area (Å²) >= 11 is 1.75. The quantitative estimate of drug-likeness (QED) is 0.790. The highest BCUT2D eigenvalue weighted by Gasteiger charge is 2.30. The number of thiophene rings is 1. The van der Waals surface area contributed by atoms with E-state index in [1.165, 1.54) is 16.0 Å². The van der Waals surface area contributed by atoms with E-state index in [1.807, 2.05) is 0 Å². The number of aromatic nitrogens is 2. The molecule has 3 nitrogen and oxygen atoms in total. The van der Waals surface area contributed by atoms with Crippen molar-refractivity contribution in [2.75, 3.05) is 11.9 Å². The van der Waals surface area contributed by atoms with Gasteiger partial charge in [0.25, 0.3) is 0 Å². The zero-order valence-corrected chi connectivity index (χ0v) is 13.0. The molecule has 0 spiro atoms. The van der Waals surface area contributed by atoms with Crippen LogP contribution in [0.4, 0.5) is 5.82 Å². The molecule has 1 N–H and O–H groups in total. The first-order chi connectivity index (χ1) is 10.3. The highest BCUT2D eigenvalue weighted by Crippen LogP contribution is 2.40. The second-order valence-electron chi connectivity index (χ2n) is 5.49. The van der Waals surface area contributed by atoms with E-state index in [4.69, 9.17) is 9.97 Å². The summed E-state index contributed by atoms with van der Waals surface area (Å²) in [6.45, 7) is 5.10. The van der Waals surface area contributed by atoms with Crippen molar-refractivity contribution in [1.29, 1.82) is 0 Å². The van der Waals surface area contributed by atoms with E-state index in [0.717, 1.165) is 34.8 Å². The van der Waals surface area contributed by atoms with Gasteiger partial charge in [-0.2, -0.15) is 0 Å². The lowest BCUT2D eigenvalue weighted by Crippen LogP contribution is -2.20. The van der Waals surface area contributed by atoms with Gasteiger partial charge in [-0.3, -0.25) is 0 Å². The van der Waals surface area contributed by atoms with E-state index in [-0.39, 0.29) is 0 Å². The number of nitrogens with zero attached hydrogens (tertiary/aromatic N) is 2. The molecule has 0 bridgehead atoms. The Bertz CT molecular complexity index is 822. The maximum absolute atomic E-state index is 4.83. The van der Waals surface area contributed by atoms with Gasteiger partial charge in [-0.25, -0.2) is 9.97 Å². The minimum atomic E-state index is 0.352. The molecule has 1 atom stereocenters. The Kier molecular flexibility index (Phi) is 2.93. The molecule has 1 aliphatic rings. The minimum Gasteiger partial charge on any atom is -0.370 e. The third-order valence-electron chi connectivity index (χ3n) is 4.04. The number of aryl methyl sites for hydroxylation is 1. The fraction of sp³-hybridized carbons (Fsp3) is 0.294. The number of benzene rings is 1. The molecule has 106 valence electrons. The lowest BCUT2D eigenvalue weighted by molar-refractivity contribution is 0.665. The van der Waals surface area contributed by atoms with Gasteiger partial charge in [0.05, 0.1) is 5.39 Å². The monoisotopic (exact) mass is 295 g/mol. The number of hydrogen-bond donors (Lipinski definition) is 1. The zero-order valence-electron chi connectivity index (χ0n) is 12.2. The first-order valence-electron chi connectivity index (χ1n) is 7.36. The molecule has 0 fully saturated rings. The third kappa shape index (κ3) is 2.02. The van der Waals surface area contributed by atoms with Crippen LogP contribution in [0.15, 0.2) is 30.3 Å². The van der Waals surface area contributed by atoms with Crippen LogP contribution in [0, 0.1) is 6.92 Å². The highest BCUT2D eigenvalue weighted by molar-refractivity contribution is 7.18. The molecule has 0 radical (unpaired) electrons. The van der Waals surface area contributed by atoms with Crippen molar-refractivity contribution in [2.24, 2.45) is 0 Å². The van der Waals surface area contributed by atoms with Crippen molar-refractivity contribution in [2.45, 2.75) is 26.2 Å². The Morgan fingerprint density at radius 2 is 2.14 bits per heavy atom. The van der Waals surface area contributed by atoms with Crippen LogP contribution in [-0.4, -0.2) is 16.5 Å². The predicted molar refractivity (Wildman–Crippen MR) is 88.3 cm³/mol. The number of fused-ring (bicyclic) bond motifs is 2. The van der Waals surface area contributed by atoms with Crippen molar-refractivity contribution >= 4 is 27.4 Å². The van der Waals surface area contributed by atoms with Crippen LogP contribution >= 0.6 is 11.3 Å². The van der Waals surface area contributed by atoms with Gasteiger partial charge >= 0.3 is 0 Å². The average molecular weight is 295 g/mol. The SMILES string of the molecule is CCNc1nc(C2Cc3ccccc32)nc2sc(C)cc12. The topological polar surface area (TPSA) is 37.8 Å². The largest absolute Gasteiger partial charge is 0.370 e. The summed E-state index contributed by atoms with van der Waals surface area (Å²) in [5, 5.41) is 4.54. The van der Waals surface area contributed by atoms with E-state index in [1.54, 1.807) is 11.3 Å². The van der Waals surface area contributed by atoms with Crippen molar-refractivity contribution in [1.82, 2.24) is 9.97 Å². The Balaban J connectivity index is 1.83. The second-order valence-corrected chi connectivity index (χ2v) is 6.73. The number of anilines is 1. The van der Waals surface area contributed by atoms with E-state index in [0.29, 0.717) is 5.92 Å². The summed E-state index contributed by atoms with van der Waals surface area (Å²) in [6.07, 6.45) is 1.05. The fourth-order valence-corrected chi connectivity index (χ4v) is 3.89. The first kappa shape index (κ1) is 12.8. The van der Waals surface area contributed by atoms with E-state index in [9.17, 15) is 0 Å². The lowest BCUT2D eigenvalue weighted by atomic mass is 9.77. The molecular weight excluding hydrogens is 278 g/mol. The van der Waals surface area contributed by atoms with Gasteiger partial charge in [0.2, 0.25) is 0 Å². The number of hydrogen-bond acceptors (Lipinski definition) is 4. The van der Waals surface area contributed by atoms with Gasteiger partial charge in [0, 0.05) is 17.3 Å². The molecule has 21 heavy (non-hydrogen) atoms. The van der Waals surface area contributed by atoms with Crippen molar-refractivity contribution in [3.8, 4) is 0 Å². The van der Waals surface area contributed by atoms with Crippen LogP contribution < -0.4 is 5.32 Å². The van der Waals surface area contributed by atoms with Gasteiger partial charge < -0.3 is 5.32 Å². The predicted octanol–water partition coefficient (Wildman–Crippen LogP) is 4.12. The summed E-state index contributed by atoms with van der Waals surface area (Å²) in [4.78, 5) is 12.0. The molecule has 1 aliphatic carbocycles. The number of rotatable bonds is 3. The molecule has 1 aromatic carbocycles. The molecule has 2 aromatic heterocycles. The molecule has 0 saturated carbocycles. The maximum atomic E-state index is 4.83. The van der Waals surface area contributed by atoms with Gasteiger partial charge in [0.1, 0.15) is 16.5 Å². The highest BCUT2D eigenvalue weighted by atomic mass is 32.1. The van der Waals surface area contributed by atoms with Crippen LogP contribution in [0.5, 0.6) is 0 Å². The summed E-state index contributed by atoms with van der Waals surface area (Å²) in [7, 11) is 0. The van der Waals surface area contributed by atoms with Crippen LogP contribution in [0.1, 0.15) is 34.7 Å². The summed E-state index contributed by atoms with van der Waals surface area (Å²) in [6, 6.07) is 10.8. The Morgan fingerprint density at radius 1 is 1.29 bits per heavy atom. The van der Waals surface area contributed by atoms with E-state index in [2.05, 4.69) is 49.5 Å². The summed E-state index contributed by atoms with van der Waals surface area (Å²) in [5.74, 6) is 2.29. The normalized spacial score (nSPS) is 16.6.